The number of ether oxygens (including phenoxy) is 1. The second-order valence-corrected chi connectivity index (χ2v) is 7.01. The highest BCUT2D eigenvalue weighted by molar-refractivity contribution is 8.00. The van der Waals surface area contributed by atoms with E-state index in [4.69, 9.17) is 4.74 Å². The molecule has 146 valence electrons. The summed E-state index contributed by atoms with van der Waals surface area (Å²) in [6.07, 6.45) is 0. The summed E-state index contributed by atoms with van der Waals surface area (Å²) in [5.41, 5.74) is 0.348. The van der Waals surface area contributed by atoms with Crippen LogP contribution in [0.3, 0.4) is 0 Å². The van der Waals surface area contributed by atoms with Crippen molar-refractivity contribution in [3.63, 3.8) is 0 Å². The van der Waals surface area contributed by atoms with Crippen molar-refractivity contribution in [2.24, 2.45) is 0 Å². The maximum absolute atomic E-state index is 13.7. The summed E-state index contributed by atoms with van der Waals surface area (Å²) in [6, 6.07) is 6.03. The number of amides is 1. The molecule has 0 unspecified atom stereocenters. The van der Waals surface area contributed by atoms with Crippen molar-refractivity contribution in [3.05, 3.63) is 52.7 Å². The van der Waals surface area contributed by atoms with E-state index in [1.807, 2.05) is 6.07 Å². The first-order valence-electron chi connectivity index (χ1n) is 8.28. The van der Waals surface area contributed by atoms with E-state index < -0.39 is 28.8 Å². The topological polar surface area (TPSA) is 92.1 Å². The molecule has 0 aliphatic heterocycles. The van der Waals surface area contributed by atoms with Gasteiger partial charge >= 0.3 is 5.97 Å². The van der Waals surface area contributed by atoms with Gasteiger partial charge in [0.15, 0.2) is 0 Å². The number of esters is 1. The molecule has 2 rings (SSSR count). The quantitative estimate of drug-likeness (QED) is 0.580. The number of nitrogens with one attached hydrogen (secondary N) is 1. The van der Waals surface area contributed by atoms with Gasteiger partial charge in [0, 0.05) is 6.07 Å². The van der Waals surface area contributed by atoms with Gasteiger partial charge in [0.2, 0.25) is 5.91 Å². The molecule has 6 nitrogen and oxygen atoms in total. The first kappa shape index (κ1) is 21.3. The lowest BCUT2D eigenvalue weighted by Crippen LogP contribution is -2.23. The van der Waals surface area contributed by atoms with Crippen LogP contribution in [-0.4, -0.2) is 28.7 Å². The van der Waals surface area contributed by atoms with Crippen molar-refractivity contribution in [2.45, 2.75) is 31.0 Å². The Balaban J connectivity index is 2.21. The maximum Gasteiger partial charge on any atom is 0.340 e. The van der Waals surface area contributed by atoms with E-state index in [1.54, 1.807) is 13.8 Å². The molecule has 0 saturated carbocycles. The minimum atomic E-state index is -0.768. The number of halogens is 2. The minimum absolute atomic E-state index is 0.107. The molecule has 1 aromatic heterocycles. The Morgan fingerprint density at radius 3 is 2.71 bits per heavy atom. The molecule has 2 aromatic rings. The molecule has 0 aliphatic carbocycles. The van der Waals surface area contributed by atoms with Crippen molar-refractivity contribution in [3.8, 4) is 6.07 Å². The van der Waals surface area contributed by atoms with Gasteiger partial charge in [-0.1, -0.05) is 11.8 Å². The second-order valence-electron chi connectivity index (χ2n) is 5.68. The van der Waals surface area contributed by atoms with E-state index in [0.717, 1.165) is 30.0 Å². The minimum Gasteiger partial charge on any atom is -0.462 e. The van der Waals surface area contributed by atoms with E-state index in [9.17, 15) is 23.6 Å². The van der Waals surface area contributed by atoms with Gasteiger partial charge in [0.05, 0.1) is 34.4 Å². The molecule has 0 bridgehead atoms. The Hall–Kier alpha value is -2.99. The Labute approximate surface area is 164 Å². The summed E-state index contributed by atoms with van der Waals surface area (Å²) in [5, 5.41) is 11.1. The number of pyridine rings is 1. The van der Waals surface area contributed by atoms with E-state index in [2.05, 4.69) is 10.3 Å². The molecule has 0 aliphatic rings. The van der Waals surface area contributed by atoms with Gasteiger partial charge < -0.3 is 10.1 Å². The van der Waals surface area contributed by atoms with E-state index in [-0.39, 0.29) is 28.4 Å². The molecular weight excluding hydrogens is 388 g/mol. The number of nitriles is 1. The molecule has 1 heterocycles. The van der Waals surface area contributed by atoms with Crippen LogP contribution in [0, 0.1) is 29.9 Å². The average Bonchev–Trinajstić information content (AvgIpc) is 2.65. The molecule has 0 fully saturated rings. The lowest BCUT2D eigenvalue weighted by atomic mass is 10.1. The summed E-state index contributed by atoms with van der Waals surface area (Å²) in [4.78, 5) is 28.5. The molecular formula is C19H17F2N3O3S. The number of carbonyl (C=O) groups is 2. The van der Waals surface area contributed by atoms with Gasteiger partial charge in [-0.25, -0.2) is 18.6 Å². The average molecular weight is 405 g/mol. The summed E-state index contributed by atoms with van der Waals surface area (Å²) in [5.74, 6) is -2.63. The third kappa shape index (κ3) is 5.04. The highest BCUT2D eigenvalue weighted by Crippen LogP contribution is 2.28. The van der Waals surface area contributed by atoms with Crippen molar-refractivity contribution in [1.29, 1.82) is 5.26 Å². The van der Waals surface area contributed by atoms with Gasteiger partial charge in [0.25, 0.3) is 0 Å². The van der Waals surface area contributed by atoms with Crippen molar-refractivity contribution in [2.75, 3.05) is 11.9 Å². The lowest BCUT2D eigenvalue weighted by Gasteiger charge is -2.14. The molecule has 0 spiro atoms. The Morgan fingerprint density at radius 2 is 2.07 bits per heavy atom. The molecule has 9 heteroatoms. The highest BCUT2D eigenvalue weighted by Gasteiger charge is 2.21. The predicted molar refractivity (Wildman–Crippen MR) is 100.0 cm³/mol. The molecule has 28 heavy (non-hydrogen) atoms. The van der Waals surface area contributed by atoms with Crippen molar-refractivity contribution < 1.29 is 23.1 Å². The Morgan fingerprint density at radius 1 is 1.36 bits per heavy atom. The number of hydrogen-bond donors (Lipinski definition) is 1. The van der Waals surface area contributed by atoms with E-state index >= 15 is 0 Å². The van der Waals surface area contributed by atoms with Crippen LogP contribution >= 0.6 is 11.8 Å². The maximum atomic E-state index is 13.7. The summed E-state index contributed by atoms with van der Waals surface area (Å²) in [6.45, 7) is 4.97. The molecule has 1 amide bonds. The van der Waals surface area contributed by atoms with Crippen molar-refractivity contribution in [1.82, 2.24) is 4.98 Å². The lowest BCUT2D eigenvalue weighted by molar-refractivity contribution is -0.115. The second kappa shape index (κ2) is 9.28. The van der Waals surface area contributed by atoms with Crippen LogP contribution in [0.2, 0.25) is 0 Å². The standard InChI is InChI=1S/C19H17F2N3O3S/c1-4-27-19(26)14-7-12(9-22)18(23-10(14)2)28-11(3)17(25)24-16-8-13(20)5-6-15(16)21/h5-8,11H,4H2,1-3H3,(H,24,25)/t11-/m1/s1. The Kier molecular flexibility index (Phi) is 7.06. The van der Waals surface area contributed by atoms with E-state index in [0.29, 0.717) is 5.69 Å². The number of anilines is 1. The van der Waals surface area contributed by atoms with Gasteiger partial charge in [-0.15, -0.1) is 0 Å². The zero-order valence-electron chi connectivity index (χ0n) is 15.4. The number of hydrogen-bond acceptors (Lipinski definition) is 6. The summed E-state index contributed by atoms with van der Waals surface area (Å²) < 4.78 is 31.9. The summed E-state index contributed by atoms with van der Waals surface area (Å²) >= 11 is 0.966. The number of thioether (sulfide) groups is 1. The van der Waals surface area contributed by atoms with Gasteiger partial charge in [-0.3, -0.25) is 4.79 Å². The predicted octanol–water partition coefficient (Wildman–Crippen LogP) is 3.84. The number of benzene rings is 1. The zero-order valence-corrected chi connectivity index (χ0v) is 16.2. The number of aromatic nitrogens is 1. The van der Waals surface area contributed by atoms with Crippen LogP contribution in [-0.2, 0) is 9.53 Å². The molecule has 0 radical (unpaired) electrons. The first-order chi connectivity index (χ1) is 13.3. The SMILES string of the molecule is CCOC(=O)c1cc(C#N)c(S[C@H](C)C(=O)Nc2cc(F)ccc2F)nc1C. The zero-order chi connectivity index (χ0) is 20.8. The normalized spacial score (nSPS) is 11.4. The van der Waals surface area contributed by atoms with Crippen LogP contribution in [0.5, 0.6) is 0 Å². The fraction of sp³-hybridized carbons (Fsp3) is 0.263. The van der Waals surface area contributed by atoms with Crippen LogP contribution < -0.4 is 5.32 Å². The summed E-state index contributed by atoms with van der Waals surface area (Å²) in [7, 11) is 0. The fourth-order valence-electron chi connectivity index (χ4n) is 2.22. The van der Waals surface area contributed by atoms with Gasteiger partial charge in [-0.2, -0.15) is 5.26 Å². The molecule has 1 aromatic carbocycles. The van der Waals surface area contributed by atoms with Crippen LogP contribution in [0.1, 0.15) is 35.5 Å². The molecule has 0 saturated heterocycles. The third-order valence-corrected chi connectivity index (χ3v) is 4.74. The number of carbonyl (C=O) groups excluding carboxylic acids is 2. The molecule has 1 N–H and O–H groups in total. The van der Waals surface area contributed by atoms with Crippen LogP contribution in [0.15, 0.2) is 29.3 Å². The molecule has 1 atom stereocenters. The highest BCUT2D eigenvalue weighted by atomic mass is 32.2. The third-order valence-electron chi connectivity index (χ3n) is 3.64. The fourth-order valence-corrected chi connectivity index (χ4v) is 3.14. The van der Waals surface area contributed by atoms with E-state index in [1.165, 1.54) is 13.0 Å². The number of rotatable bonds is 6. The van der Waals surface area contributed by atoms with Crippen LogP contribution in [0.25, 0.3) is 0 Å². The van der Waals surface area contributed by atoms with Gasteiger partial charge in [0.1, 0.15) is 22.7 Å². The Bertz CT molecular complexity index is 960. The monoisotopic (exact) mass is 405 g/mol. The smallest absolute Gasteiger partial charge is 0.340 e. The van der Waals surface area contributed by atoms with Crippen molar-refractivity contribution >= 4 is 29.3 Å². The largest absolute Gasteiger partial charge is 0.462 e. The first-order valence-corrected chi connectivity index (χ1v) is 9.16. The number of nitrogens with zero attached hydrogens (tertiary/aromatic N) is 2. The van der Waals surface area contributed by atoms with Crippen LogP contribution in [0.4, 0.5) is 14.5 Å². The van der Waals surface area contributed by atoms with Gasteiger partial charge in [-0.05, 0) is 39.0 Å². The number of aryl methyl sites for hydroxylation is 1.